The molecule has 2 amide bonds. The first-order valence-corrected chi connectivity index (χ1v) is 7.21. The van der Waals surface area contributed by atoms with Crippen LogP contribution < -0.4 is 10.6 Å². The van der Waals surface area contributed by atoms with Gasteiger partial charge in [-0.25, -0.2) is 4.39 Å². The molecule has 26 heavy (non-hydrogen) atoms. The van der Waals surface area contributed by atoms with Crippen LogP contribution in [0.4, 0.5) is 21.5 Å². The lowest BCUT2D eigenvalue weighted by atomic mass is 10.3. The van der Waals surface area contributed by atoms with Gasteiger partial charge < -0.3 is 15.5 Å². The Bertz CT molecular complexity index is 856. The van der Waals surface area contributed by atoms with Gasteiger partial charge in [0.05, 0.1) is 10.6 Å². The predicted molar refractivity (Wildman–Crippen MR) is 91.2 cm³/mol. The molecule has 134 valence electrons. The van der Waals surface area contributed by atoms with Crippen LogP contribution in [0.5, 0.6) is 0 Å². The van der Waals surface area contributed by atoms with Crippen molar-refractivity contribution in [2.45, 2.75) is 0 Å². The Morgan fingerprint density at radius 1 is 1.19 bits per heavy atom. The van der Waals surface area contributed by atoms with E-state index in [1.807, 2.05) is 0 Å². The number of nitro benzene ring substituents is 1. The summed E-state index contributed by atoms with van der Waals surface area (Å²) in [6.07, 6.45) is 0.759. The van der Waals surface area contributed by atoms with Crippen molar-refractivity contribution >= 4 is 35.1 Å². The number of rotatable bonds is 7. The van der Waals surface area contributed by atoms with Gasteiger partial charge in [-0.3, -0.25) is 19.7 Å². The third-order valence-electron chi connectivity index (χ3n) is 2.91. The molecule has 2 aromatic carbocycles. The molecular formula is C16H13FN4O5. The summed E-state index contributed by atoms with van der Waals surface area (Å²) < 4.78 is 13.3. The fourth-order valence-electron chi connectivity index (χ4n) is 1.80. The van der Waals surface area contributed by atoms with Crippen LogP contribution in [0.3, 0.4) is 0 Å². The van der Waals surface area contributed by atoms with Crippen LogP contribution in [-0.2, 0) is 14.4 Å². The second-order valence-corrected chi connectivity index (χ2v) is 4.83. The number of halogens is 1. The van der Waals surface area contributed by atoms with Crippen molar-refractivity contribution in [1.82, 2.24) is 0 Å². The molecule has 9 nitrogen and oxygen atoms in total. The van der Waals surface area contributed by atoms with Crippen molar-refractivity contribution in [2.24, 2.45) is 5.16 Å². The number of anilines is 2. The Labute approximate surface area is 146 Å². The molecule has 0 radical (unpaired) electrons. The van der Waals surface area contributed by atoms with Crippen molar-refractivity contribution in [3.8, 4) is 0 Å². The number of nitrogens with one attached hydrogen (secondary N) is 2. The molecule has 10 heteroatoms. The lowest BCUT2D eigenvalue weighted by molar-refractivity contribution is -0.384. The van der Waals surface area contributed by atoms with Gasteiger partial charge >= 0.3 is 0 Å². The number of carbonyl (C=O) groups is 2. The molecular weight excluding hydrogens is 347 g/mol. The largest absolute Gasteiger partial charge is 0.385 e. The van der Waals surface area contributed by atoms with Gasteiger partial charge in [0.2, 0.25) is 0 Å². The Kier molecular flexibility index (Phi) is 6.32. The van der Waals surface area contributed by atoms with Gasteiger partial charge in [-0.05, 0) is 18.2 Å². The van der Waals surface area contributed by atoms with Crippen LogP contribution in [-0.4, -0.2) is 29.6 Å². The topological polar surface area (TPSA) is 123 Å². The molecule has 0 heterocycles. The summed E-state index contributed by atoms with van der Waals surface area (Å²) >= 11 is 0. The molecule has 2 aromatic rings. The van der Waals surface area contributed by atoms with Crippen LogP contribution in [0.2, 0.25) is 0 Å². The quantitative estimate of drug-likeness (QED) is 0.446. The summed E-state index contributed by atoms with van der Waals surface area (Å²) in [6, 6.07) is 10.9. The third-order valence-corrected chi connectivity index (χ3v) is 2.91. The number of benzene rings is 2. The summed E-state index contributed by atoms with van der Waals surface area (Å²) in [5, 5.41) is 18.6. The zero-order chi connectivity index (χ0) is 18.9. The number of non-ortho nitro benzene ring substituents is 1. The predicted octanol–water partition coefficient (Wildman–Crippen LogP) is 2.31. The maximum atomic E-state index is 13.3. The van der Waals surface area contributed by atoms with Gasteiger partial charge in [0.1, 0.15) is 12.0 Å². The Morgan fingerprint density at radius 2 is 1.96 bits per heavy atom. The first-order valence-electron chi connectivity index (χ1n) is 7.21. The van der Waals surface area contributed by atoms with E-state index >= 15 is 0 Å². The molecule has 0 bridgehead atoms. The molecule has 0 atom stereocenters. The molecule has 0 aliphatic carbocycles. The number of para-hydroxylation sites is 1. The van der Waals surface area contributed by atoms with E-state index in [4.69, 9.17) is 0 Å². The monoisotopic (exact) mass is 360 g/mol. The second kappa shape index (κ2) is 8.87. The van der Waals surface area contributed by atoms with Gasteiger partial charge in [0.15, 0.2) is 6.61 Å². The van der Waals surface area contributed by atoms with E-state index < -0.39 is 29.2 Å². The number of nitrogens with zero attached hydrogens (tertiary/aromatic N) is 2. The highest BCUT2D eigenvalue weighted by Gasteiger charge is 2.08. The molecule has 0 saturated carbocycles. The van der Waals surface area contributed by atoms with E-state index in [0.717, 1.165) is 6.21 Å². The number of hydrogen-bond donors (Lipinski definition) is 2. The van der Waals surface area contributed by atoms with Gasteiger partial charge in [0, 0.05) is 17.8 Å². The average Bonchev–Trinajstić information content (AvgIpc) is 2.61. The lowest BCUT2D eigenvalue weighted by Crippen LogP contribution is -2.18. The van der Waals surface area contributed by atoms with E-state index in [1.54, 1.807) is 6.07 Å². The third kappa shape index (κ3) is 5.67. The molecule has 2 N–H and O–H groups in total. The van der Waals surface area contributed by atoms with Crippen molar-refractivity contribution in [1.29, 1.82) is 0 Å². The zero-order valence-corrected chi connectivity index (χ0v) is 13.2. The van der Waals surface area contributed by atoms with Crippen LogP contribution in [0, 0.1) is 15.9 Å². The summed E-state index contributed by atoms with van der Waals surface area (Å²) in [5.74, 6) is -1.97. The van der Waals surface area contributed by atoms with Crippen molar-refractivity contribution in [2.75, 3.05) is 17.2 Å². The Hall–Kier alpha value is -3.82. The Balaban J connectivity index is 1.78. The average molecular weight is 360 g/mol. The van der Waals surface area contributed by atoms with Crippen molar-refractivity contribution in [3.05, 3.63) is 64.5 Å². The van der Waals surface area contributed by atoms with Gasteiger partial charge in [-0.15, -0.1) is 0 Å². The van der Waals surface area contributed by atoms with E-state index in [0.29, 0.717) is 0 Å². The first-order chi connectivity index (χ1) is 12.5. The normalized spacial score (nSPS) is 10.3. The molecule has 0 unspecified atom stereocenters. The van der Waals surface area contributed by atoms with Crippen LogP contribution >= 0.6 is 0 Å². The number of carbonyl (C=O) groups excluding carboxylic acids is 2. The Morgan fingerprint density at radius 3 is 2.69 bits per heavy atom. The van der Waals surface area contributed by atoms with Crippen LogP contribution in [0.15, 0.2) is 53.7 Å². The summed E-state index contributed by atoms with van der Waals surface area (Å²) in [4.78, 5) is 37.9. The number of nitro groups is 1. The van der Waals surface area contributed by atoms with E-state index in [2.05, 4.69) is 20.6 Å². The van der Waals surface area contributed by atoms with E-state index in [-0.39, 0.29) is 17.1 Å². The molecule has 0 aliphatic heterocycles. The highest BCUT2D eigenvalue weighted by Crippen LogP contribution is 2.16. The van der Waals surface area contributed by atoms with E-state index in [9.17, 15) is 24.1 Å². The lowest BCUT2D eigenvalue weighted by Gasteiger charge is -2.05. The SMILES string of the molecule is O=C(/C=N\OCC(=O)Nc1ccccc1F)Nc1cccc([N+](=O)[O-])c1. The zero-order valence-electron chi connectivity index (χ0n) is 13.2. The van der Waals surface area contributed by atoms with Crippen molar-refractivity contribution in [3.63, 3.8) is 0 Å². The molecule has 2 rings (SSSR count). The molecule has 0 aromatic heterocycles. The smallest absolute Gasteiger partial charge is 0.271 e. The minimum absolute atomic E-state index is 0.00602. The second-order valence-electron chi connectivity index (χ2n) is 4.83. The maximum absolute atomic E-state index is 13.3. The fraction of sp³-hybridized carbons (Fsp3) is 0.0625. The van der Waals surface area contributed by atoms with Crippen LogP contribution in [0.1, 0.15) is 0 Å². The van der Waals surface area contributed by atoms with Crippen LogP contribution in [0.25, 0.3) is 0 Å². The van der Waals surface area contributed by atoms with E-state index in [1.165, 1.54) is 42.5 Å². The molecule has 0 spiro atoms. The fourth-order valence-corrected chi connectivity index (χ4v) is 1.80. The highest BCUT2D eigenvalue weighted by molar-refractivity contribution is 6.31. The molecule has 0 aliphatic rings. The summed E-state index contributed by atoms with van der Waals surface area (Å²) in [7, 11) is 0. The minimum atomic E-state index is -0.708. The minimum Gasteiger partial charge on any atom is -0.385 e. The van der Waals surface area contributed by atoms with Gasteiger partial charge in [-0.2, -0.15) is 0 Å². The number of amides is 2. The van der Waals surface area contributed by atoms with Crippen molar-refractivity contribution < 1.29 is 23.7 Å². The first kappa shape index (κ1) is 18.5. The van der Waals surface area contributed by atoms with Gasteiger partial charge in [-0.1, -0.05) is 23.4 Å². The number of hydrogen-bond acceptors (Lipinski definition) is 6. The summed E-state index contributed by atoms with van der Waals surface area (Å²) in [6.45, 7) is -0.533. The van der Waals surface area contributed by atoms with Gasteiger partial charge in [0.25, 0.3) is 17.5 Å². The summed E-state index contributed by atoms with van der Waals surface area (Å²) in [5.41, 5.74) is 0.0160. The highest BCUT2D eigenvalue weighted by atomic mass is 19.1. The standard InChI is InChI=1S/C16H13FN4O5/c17-13-6-1-2-7-14(13)20-16(23)10-26-18-9-15(22)19-11-4-3-5-12(8-11)21(24)25/h1-9H,10H2,(H,19,22)(H,20,23)/b18-9-. The number of oxime groups is 1. The molecule has 0 saturated heterocycles. The maximum Gasteiger partial charge on any atom is 0.271 e. The molecule has 0 fully saturated rings.